The summed E-state index contributed by atoms with van der Waals surface area (Å²) in [5.74, 6) is 0.0684. The van der Waals surface area contributed by atoms with E-state index >= 15 is 0 Å². The topological polar surface area (TPSA) is 74.0 Å². The number of hydrogen-bond acceptors (Lipinski definition) is 3. The van der Waals surface area contributed by atoms with Crippen LogP contribution in [0.25, 0.3) is 32.1 Å². The van der Waals surface area contributed by atoms with Gasteiger partial charge in [0.15, 0.2) is 0 Å². The summed E-state index contributed by atoms with van der Waals surface area (Å²) in [7, 11) is 0. The highest BCUT2D eigenvalue weighted by atomic mass is 32.1. The normalized spacial score (nSPS) is 11.3. The van der Waals surface area contributed by atoms with Gasteiger partial charge in [-0.15, -0.1) is 11.3 Å². The molecule has 0 aliphatic heterocycles. The molecule has 0 saturated carbocycles. The number of rotatable bonds is 10. The van der Waals surface area contributed by atoms with Crippen LogP contribution < -0.4 is 10.6 Å². The minimum atomic E-state index is -0.0303. The number of H-pyrrole nitrogens is 1. The number of thiophene rings is 1. The summed E-state index contributed by atoms with van der Waals surface area (Å²) in [5.41, 5.74) is 6.71. The Morgan fingerprint density at radius 1 is 0.842 bits per heavy atom. The van der Waals surface area contributed by atoms with E-state index in [4.69, 9.17) is 0 Å². The number of nitrogens with one attached hydrogen (secondary N) is 3. The third-order valence-electron chi connectivity index (χ3n) is 6.92. The molecule has 2 heterocycles. The van der Waals surface area contributed by atoms with Crippen LogP contribution in [0.4, 0.5) is 0 Å². The van der Waals surface area contributed by atoms with E-state index in [2.05, 4.69) is 63.6 Å². The number of hydrogen-bond donors (Lipinski definition) is 3. The highest BCUT2D eigenvalue weighted by Gasteiger charge is 2.11. The number of aromatic nitrogens is 1. The summed E-state index contributed by atoms with van der Waals surface area (Å²) < 4.78 is 1.26. The maximum absolute atomic E-state index is 12.3. The van der Waals surface area contributed by atoms with Gasteiger partial charge in [-0.25, -0.2) is 0 Å². The summed E-state index contributed by atoms with van der Waals surface area (Å²) in [5, 5.41) is 10.7. The van der Waals surface area contributed by atoms with Gasteiger partial charge in [0, 0.05) is 46.4 Å². The molecule has 2 aromatic heterocycles. The van der Waals surface area contributed by atoms with Crippen molar-refractivity contribution in [2.75, 3.05) is 13.1 Å². The number of amides is 2. The van der Waals surface area contributed by atoms with E-state index in [1.54, 1.807) is 11.3 Å². The van der Waals surface area contributed by atoms with E-state index < -0.39 is 0 Å². The minimum absolute atomic E-state index is 0.00195. The predicted octanol–water partition coefficient (Wildman–Crippen LogP) is 6.73. The molecule has 5 aromatic rings. The van der Waals surface area contributed by atoms with E-state index in [1.807, 2.05) is 44.2 Å². The highest BCUT2D eigenvalue weighted by molar-refractivity contribution is 7.17. The summed E-state index contributed by atoms with van der Waals surface area (Å²) in [6.07, 6.45) is 4.66. The van der Waals surface area contributed by atoms with Gasteiger partial charge in [-0.3, -0.25) is 9.59 Å². The third-order valence-corrected chi connectivity index (χ3v) is 7.93. The third kappa shape index (κ3) is 5.81. The van der Waals surface area contributed by atoms with Gasteiger partial charge in [-0.1, -0.05) is 44.2 Å². The monoisotopic (exact) mass is 523 g/mol. The Balaban J connectivity index is 1.27. The lowest BCUT2D eigenvalue weighted by Gasteiger charge is -2.08. The molecule has 0 bridgehead atoms. The zero-order chi connectivity index (χ0) is 26.5. The van der Waals surface area contributed by atoms with Crippen LogP contribution >= 0.6 is 11.3 Å². The van der Waals surface area contributed by atoms with Gasteiger partial charge in [-0.05, 0) is 88.7 Å². The van der Waals surface area contributed by atoms with E-state index in [1.165, 1.54) is 37.7 Å². The van der Waals surface area contributed by atoms with Crippen LogP contribution in [-0.2, 0) is 17.6 Å². The largest absolute Gasteiger partial charge is 0.361 e. The molecule has 2 amide bonds. The molecule has 0 saturated heterocycles. The van der Waals surface area contributed by atoms with Gasteiger partial charge in [0.2, 0.25) is 5.91 Å². The summed E-state index contributed by atoms with van der Waals surface area (Å²) in [4.78, 5) is 27.6. The molecule has 0 aliphatic carbocycles. The standard InChI is InChI=1S/C32H33N3O2S/c1-21(2)31(36)34-16-14-26-20-38-30-13-11-24(18-28(26)30)23-10-12-29-27(17-23)25(19-35-29)9-6-15-33-32(37)22-7-4-3-5-8-22/h3-5,7-8,10-13,17-21,35H,6,9,14-16H2,1-2H3,(H,33,37)(H,34,36). The number of carbonyl (C=O) groups is 2. The predicted molar refractivity (Wildman–Crippen MR) is 158 cm³/mol. The second-order valence-electron chi connectivity index (χ2n) is 9.97. The molecule has 0 fully saturated rings. The van der Waals surface area contributed by atoms with Crippen LogP contribution in [0.2, 0.25) is 0 Å². The Morgan fingerprint density at radius 2 is 1.61 bits per heavy atom. The van der Waals surface area contributed by atoms with Gasteiger partial charge < -0.3 is 15.6 Å². The van der Waals surface area contributed by atoms with Gasteiger partial charge in [-0.2, -0.15) is 0 Å². The van der Waals surface area contributed by atoms with Crippen molar-refractivity contribution < 1.29 is 9.59 Å². The van der Waals surface area contributed by atoms with Crippen molar-refractivity contribution in [1.29, 1.82) is 0 Å². The number of aromatic amines is 1. The first-order valence-electron chi connectivity index (χ1n) is 13.2. The van der Waals surface area contributed by atoms with Crippen LogP contribution in [-0.4, -0.2) is 29.9 Å². The SMILES string of the molecule is CC(C)C(=O)NCCc1csc2ccc(-c3ccc4[nH]cc(CCCNC(=O)c5ccccc5)c4c3)cc12. The molecular formula is C32H33N3O2S. The summed E-state index contributed by atoms with van der Waals surface area (Å²) in [6.45, 7) is 5.11. The average Bonchev–Trinajstić information content (AvgIpc) is 3.54. The number of benzene rings is 3. The van der Waals surface area contributed by atoms with Crippen LogP contribution in [0, 0.1) is 5.92 Å². The number of carbonyl (C=O) groups excluding carboxylic acids is 2. The van der Waals surface area contributed by atoms with Gasteiger partial charge in [0.25, 0.3) is 5.91 Å². The number of aryl methyl sites for hydroxylation is 1. The Morgan fingerprint density at radius 3 is 2.39 bits per heavy atom. The molecule has 0 radical (unpaired) electrons. The Kier molecular flexibility index (Phi) is 7.89. The van der Waals surface area contributed by atoms with Crippen LogP contribution in [0.15, 0.2) is 78.3 Å². The molecule has 0 aliphatic rings. The van der Waals surface area contributed by atoms with Gasteiger partial charge >= 0.3 is 0 Å². The van der Waals surface area contributed by atoms with Crippen molar-refractivity contribution in [3.8, 4) is 11.1 Å². The summed E-state index contributed by atoms with van der Waals surface area (Å²) in [6, 6.07) is 22.6. The first-order chi connectivity index (χ1) is 18.5. The first kappa shape index (κ1) is 25.7. The second kappa shape index (κ2) is 11.7. The maximum Gasteiger partial charge on any atom is 0.251 e. The van der Waals surface area contributed by atoms with E-state index in [-0.39, 0.29) is 17.7 Å². The molecule has 38 heavy (non-hydrogen) atoms. The molecule has 6 heteroatoms. The lowest BCUT2D eigenvalue weighted by molar-refractivity contribution is -0.123. The molecular weight excluding hydrogens is 490 g/mol. The highest BCUT2D eigenvalue weighted by Crippen LogP contribution is 2.33. The van der Waals surface area contributed by atoms with Crippen LogP contribution in [0.3, 0.4) is 0 Å². The molecule has 194 valence electrons. The van der Waals surface area contributed by atoms with Crippen LogP contribution in [0.1, 0.15) is 41.8 Å². The molecule has 5 nitrogen and oxygen atoms in total. The van der Waals surface area contributed by atoms with Crippen molar-refractivity contribution in [1.82, 2.24) is 15.6 Å². The van der Waals surface area contributed by atoms with Gasteiger partial charge in [0.1, 0.15) is 0 Å². The van der Waals surface area contributed by atoms with Crippen molar-refractivity contribution in [2.24, 2.45) is 5.92 Å². The fraction of sp³-hybridized carbons (Fsp3) is 0.250. The molecule has 0 spiro atoms. The maximum atomic E-state index is 12.3. The first-order valence-corrected chi connectivity index (χ1v) is 14.1. The Hall–Kier alpha value is -3.90. The lowest BCUT2D eigenvalue weighted by Crippen LogP contribution is -2.29. The number of fused-ring (bicyclic) bond motifs is 2. The van der Waals surface area contributed by atoms with E-state index in [0.717, 1.165) is 24.8 Å². The zero-order valence-electron chi connectivity index (χ0n) is 21.8. The summed E-state index contributed by atoms with van der Waals surface area (Å²) >= 11 is 1.75. The minimum Gasteiger partial charge on any atom is -0.361 e. The molecule has 3 N–H and O–H groups in total. The molecule has 0 atom stereocenters. The molecule has 0 unspecified atom stereocenters. The molecule has 3 aromatic carbocycles. The fourth-order valence-corrected chi connectivity index (χ4v) is 5.69. The van der Waals surface area contributed by atoms with Crippen molar-refractivity contribution in [2.45, 2.75) is 33.1 Å². The second-order valence-corrected chi connectivity index (χ2v) is 10.9. The smallest absolute Gasteiger partial charge is 0.251 e. The van der Waals surface area contributed by atoms with Crippen molar-refractivity contribution in [3.05, 3.63) is 95.0 Å². The Labute approximate surface area is 227 Å². The van der Waals surface area contributed by atoms with Crippen LogP contribution in [0.5, 0.6) is 0 Å². The average molecular weight is 524 g/mol. The van der Waals surface area contributed by atoms with E-state index in [0.29, 0.717) is 18.7 Å². The molecule has 5 rings (SSSR count). The fourth-order valence-electron chi connectivity index (χ4n) is 4.72. The van der Waals surface area contributed by atoms with Crippen molar-refractivity contribution >= 4 is 44.1 Å². The van der Waals surface area contributed by atoms with Crippen molar-refractivity contribution in [3.63, 3.8) is 0 Å². The quantitative estimate of drug-likeness (QED) is 0.178. The Bertz CT molecular complexity index is 1570. The lowest BCUT2D eigenvalue weighted by atomic mass is 9.99. The zero-order valence-corrected chi connectivity index (χ0v) is 22.7. The van der Waals surface area contributed by atoms with E-state index in [9.17, 15) is 9.59 Å². The van der Waals surface area contributed by atoms with Gasteiger partial charge in [0.05, 0.1) is 0 Å².